The molecule has 1 heterocycles. The van der Waals surface area contributed by atoms with Gasteiger partial charge < -0.3 is 24.3 Å². The van der Waals surface area contributed by atoms with Gasteiger partial charge in [-0.3, -0.25) is 4.79 Å². The summed E-state index contributed by atoms with van der Waals surface area (Å²) < 4.78 is 48.2. The third-order valence-electron chi connectivity index (χ3n) is 4.87. The topological polar surface area (TPSA) is 103 Å². The molecule has 1 saturated heterocycles. The molecule has 1 aliphatic heterocycles. The maximum Gasteiger partial charge on any atom is 0.248 e. The summed E-state index contributed by atoms with van der Waals surface area (Å²) in [5.74, 6) is 1.02. The van der Waals surface area contributed by atoms with Crippen molar-refractivity contribution in [1.82, 2.24) is 4.31 Å². The van der Waals surface area contributed by atoms with Gasteiger partial charge in [0, 0.05) is 19.2 Å². The van der Waals surface area contributed by atoms with E-state index < -0.39 is 15.9 Å². The Bertz CT molecular complexity index is 1090. The van der Waals surface area contributed by atoms with Gasteiger partial charge in [-0.25, -0.2) is 8.42 Å². The zero-order chi connectivity index (χ0) is 23.1. The van der Waals surface area contributed by atoms with Crippen LogP contribution in [0.2, 0.25) is 0 Å². The predicted octanol–water partition coefficient (Wildman–Crippen LogP) is 2.39. The van der Waals surface area contributed by atoms with Crippen LogP contribution in [0.15, 0.2) is 47.4 Å². The normalized spacial score (nSPS) is 14.8. The van der Waals surface area contributed by atoms with Crippen LogP contribution in [0, 0.1) is 0 Å². The van der Waals surface area contributed by atoms with Crippen LogP contribution >= 0.6 is 0 Å². The molecule has 0 saturated carbocycles. The number of nitrogens with zero attached hydrogens (tertiary/aromatic N) is 1. The Balaban J connectivity index is 1.79. The van der Waals surface area contributed by atoms with Crippen LogP contribution in [0.4, 0.5) is 5.69 Å². The van der Waals surface area contributed by atoms with Crippen LogP contribution in [0.3, 0.4) is 0 Å². The van der Waals surface area contributed by atoms with Gasteiger partial charge in [-0.1, -0.05) is 6.07 Å². The molecule has 0 spiro atoms. The summed E-state index contributed by atoms with van der Waals surface area (Å²) in [6.07, 6.45) is 2.95. The molecule has 1 aliphatic rings. The zero-order valence-electron chi connectivity index (χ0n) is 18.2. The predicted molar refractivity (Wildman–Crippen MR) is 120 cm³/mol. The van der Waals surface area contributed by atoms with Crippen molar-refractivity contribution in [2.45, 2.75) is 4.90 Å². The number of amides is 1. The highest BCUT2D eigenvalue weighted by molar-refractivity contribution is 7.89. The average molecular weight is 463 g/mol. The Kier molecular flexibility index (Phi) is 7.73. The first kappa shape index (κ1) is 23.6. The maximum absolute atomic E-state index is 12.9. The molecule has 32 heavy (non-hydrogen) atoms. The fourth-order valence-corrected chi connectivity index (χ4v) is 4.62. The largest absolute Gasteiger partial charge is 0.495 e. The van der Waals surface area contributed by atoms with Crippen molar-refractivity contribution in [1.29, 1.82) is 0 Å². The molecule has 9 nitrogen and oxygen atoms in total. The Morgan fingerprint density at radius 2 is 1.62 bits per heavy atom. The van der Waals surface area contributed by atoms with Crippen LogP contribution in [0.5, 0.6) is 17.2 Å². The van der Waals surface area contributed by atoms with E-state index >= 15 is 0 Å². The van der Waals surface area contributed by atoms with Crippen LogP contribution in [-0.4, -0.2) is 66.3 Å². The van der Waals surface area contributed by atoms with Crippen molar-refractivity contribution < 1.29 is 32.2 Å². The van der Waals surface area contributed by atoms with Gasteiger partial charge in [0.15, 0.2) is 11.5 Å². The molecular weight excluding hydrogens is 436 g/mol. The summed E-state index contributed by atoms with van der Waals surface area (Å²) >= 11 is 0. The number of carbonyl (C=O) groups excluding carboxylic acids is 1. The van der Waals surface area contributed by atoms with E-state index in [9.17, 15) is 13.2 Å². The van der Waals surface area contributed by atoms with Crippen molar-refractivity contribution in [3.05, 3.63) is 48.0 Å². The minimum atomic E-state index is -3.71. The smallest absolute Gasteiger partial charge is 0.248 e. The lowest BCUT2D eigenvalue weighted by molar-refractivity contribution is -0.111. The summed E-state index contributed by atoms with van der Waals surface area (Å²) in [4.78, 5) is 12.6. The van der Waals surface area contributed by atoms with E-state index in [-0.39, 0.29) is 23.7 Å². The average Bonchev–Trinajstić information content (AvgIpc) is 2.83. The second-order valence-electron chi connectivity index (χ2n) is 6.82. The number of hydrogen-bond donors (Lipinski definition) is 1. The third kappa shape index (κ3) is 5.39. The summed E-state index contributed by atoms with van der Waals surface area (Å²) in [5, 5.41) is 2.68. The van der Waals surface area contributed by atoms with Crippen LogP contribution in [0.25, 0.3) is 6.08 Å². The number of rotatable bonds is 8. The van der Waals surface area contributed by atoms with Crippen molar-refractivity contribution in [3.8, 4) is 17.2 Å². The molecule has 0 unspecified atom stereocenters. The van der Waals surface area contributed by atoms with Crippen molar-refractivity contribution in [2.24, 2.45) is 0 Å². The van der Waals surface area contributed by atoms with E-state index in [0.29, 0.717) is 30.5 Å². The number of sulfonamides is 1. The SMILES string of the molecule is COc1ccc(S(=O)(=O)N2CCOCC2)cc1NC(=O)C=Cc1ccc(OC)c(OC)c1. The molecule has 2 aromatic rings. The quantitative estimate of drug-likeness (QED) is 0.601. The number of benzene rings is 2. The lowest BCUT2D eigenvalue weighted by Crippen LogP contribution is -2.40. The number of ether oxygens (including phenoxy) is 4. The van der Waals surface area contributed by atoms with E-state index in [0.717, 1.165) is 5.56 Å². The molecule has 2 aromatic carbocycles. The molecule has 3 rings (SSSR count). The first-order valence-corrected chi connectivity index (χ1v) is 11.3. The van der Waals surface area contributed by atoms with Gasteiger partial charge in [0.2, 0.25) is 15.9 Å². The molecular formula is C22H26N2O7S. The van der Waals surface area contributed by atoms with Crippen LogP contribution < -0.4 is 19.5 Å². The zero-order valence-corrected chi connectivity index (χ0v) is 19.0. The van der Waals surface area contributed by atoms with Gasteiger partial charge in [0.05, 0.1) is 45.1 Å². The fourth-order valence-electron chi connectivity index (χ4n) is 3.18. The summed E-state index contributed by atoms with van der Waals surface area (Å²) in [6, 6.07) is 9.62. The van der Waals surface area contributed by atoms with E-state index in [2.05, 4.69) is 5.32 Å². The Labute approximate surface area is 187 Å². The molecule has 1 fully saturated rings. The summed E-state index contributed by atoms with van der Waals surface area (Å²) in [5.41, 5.74) is 0.984. The number of morpholine rings is 1. The minimum Gasteiger partial charge on any atom is -0.495 e. The second kappa shape index (κ2) is 10.5. The Morgan fingerprint density at radius 1 is 0.969 bits per heavy atom. The third-order valence-corrected chi connectivity index (χ3v) is 6.77. The number of carbonyl (C=O) groups is 1. The number of nitrogens with one attached hydrogen (secondary N) is 1. The van der Waals surface area contributed by atoms with Gasteiger partial charge in [-0.15, -0.1) is 0 Å². The maximum atomic E-state index is 12.9. The molecule has 0 aliphatic carbocycles. The molecule has 172 valence electrons. The first-order chi connectivity index (χ1) is 15.4. The molecule has 10 heteroatoms. The minimum absolute atomic E-state index is 0.0689. The van der Waals surface area contributed by atoms with Gasteiger partial charge >= 0.3 is 0 Å². The molecule has 0 radical (unpaired) electrons. The van der Waals surface area contributed by atoms with Crippen molar-refractivity contribution in [2.75, 3.05) is 52.9 Å². The highest BCUT2D eigenvalue weighted by Gasteiger charge is 2.27. The monoisotopic (exact) mass is 462 g/mol. The Morgan fingerprint density at radius 3 is 2.28 bits per heavy atom. The van der Waals surface area contributed by atoms with E-state index in [1.54, 1.807) is 31.4 Å². The van der Waals surface area contributed by atoms with Gasteiger partial charge in [-0.05, 0) is 42.0 Å². The fraction of sp³-hybridized carbons (Fsp3) is 0.318. The molecule has 1 amide bonds. The Hall–Kier alpha value is -3.08. The second-order valence-corrected chi connectivity index (χ2v) is 8.75. The lowest BCUT2D eigenvalue weighted by atomic mass is 10.2. The number of hydrogen-bond acceptors (Lipinski definition) is 7. The van der Waals surface area contributed by atoms with Gasteiger partial charge in [0.1, 0.15) is 5.75 Å². The molecule has 0 bridgehead atoms. The lowest BCUT2D eigenvalue weighted by Gasteiger charge is -2.26. The van der Waals surface area contributed by atoms with E-state index in [4.69, 9.17) is 18.9 Å². The number of methoxy groups -OCH3 is 3. The van der Waals surface area contributed by atoms with Gasteiger partial charge in [0.25, 0.3) is 0 Å². The highest BCUT2D eigenvalue weighted by atomic mass is 32.2. The van der Waals surface area contributed by atoms with Crippen LogP contribution in [-0.2, 0) is 19.6 Å². The van der Waals surface area contributed by atoms with Crippen molar-refractivity contribution in [3.63, 3.8) is 0 Å². The standard InChI is InChI=1S/C22H26N2O7S/c1-28-19-8-6-17(32(26,27)24-10-12-31-13-11-24)15-18(19)23-22(25)9-5-16-4-7-20(29-2)21(14-16)30-3/h4-9,14-15H,10-13H2,1-3H3,(H,23,25). The molecule has 1 N–H and O–H groups in total. The van der Waals surface area contributed by atoms with E-state index in [1.165, 1.54) is 42.8 Å². The van der Waals surface area contributed by atoms with Crippen LogP contribution in [0.1, 0.15) is 5.56 Å². The highest BCUT2D eigenvalue weighted by Crippen LogP contribution is 2.30. The van der Waals surface area contributed by atoms with Gasteiger partial charge in [-0.2, -0.15) is 4.31 Å². The summed E-state index contributed by atoms with van der Waals surface area (Å²) in [7, 11) is 0.806. The first-order valence-electron chi connectivity index (χ1n) is 9.86. The van der Waals surface area contributed by atoms with E-state index in [1.807, 2.05) is 0 Å². The number of anilines is 1. The molecule has 0 aromatic heterocycles. The summed E-state index contributed by atoms with van der Waals surface area (Å²) in [6.45, 7) is 1.26. The molecule has 0 atom stereocenters. The van der Waals surface area contributed by atoms with Crippen molar-refractivity contribution >= 4 is 27.7 Å².